The number of esters is 1. The molecule has 0 N–H and O–H groups in total. The van der Waals surface area contributed by atoms with E-state index in [1.807, 2.05) is 39.0 Å². The average Bonchev–Trinajstić information content (AvgIpc) is 2.41. The minimum atomic E-state index is -0.492. The van der Waals surface area contributed by atoms with E-state index in [0.717, 1.165) is 5.56 Å². The minimum absolute atomic E-state index is 0.369. The van der Waals surface area contributed by atoms with Crippen molar-refractivity contribution in [2.45, 2.75) is 40.2 Å². The molecule has 0 radical (unpaired) electrons. The van der Waals surface area contributed by atoms with Gasteiger partial charge in [-0.05, 0) is 50.5 Å². The highest BCUT2D eigenvalue weighted by atomic mass is 16.6. The summed E-state index contributed by atoms with van der Waals surface area (Å²) in [6, 6.07) is 5.55. The number of carbonyl (C=O) groups excluding carboxylic acids is 1. The number of methoxy groups -OCH3 is 1. The average molecular weight is 306 g/mol. The van der Waals surface area contributed by atoms with Gasteiger partial charge in [-0.2, -0.15) is 0 Å². The van der Waals surface area contributed by atoms with Crippen molar-refractivity contribution in [3.63, 3.8) is 0 Å². The Labute approximate surface area is 133 Å². The van der Waals surface area contributed by atoms with Gasteiger partial charge in [-0.25, -0.2) is 4.79 Å². The van der Waals surface area contributed by atoms with Crippen molar-refractivity contribution < 1.29 is 19.0 Å². The number of benzene rings is 1. The van der Waals surface area contributed by atoms with Crippen LogP contribution in [0.5, 0.6) is 11.5 Å². The van der Waals surface area contributed by atoms with E-state index >= 15 is 0 Å². The summed E-state index contributed by atoms with van der Waals surface area (Å²) in [5, 5.41) is 0. The lowest BCUT2D eigenvalue weighted by atomic mass is 10.1. The predicted molar refractivity (Wildman–Crippen MR) is 88.2 cm³/mol. The van der Waals surface area contributed by atoms with Crippen LogP contribution in [-0.4, -0.2) is 25.3 Å². The third kappa shape index (κ3) is 6.66. The summed E-state index contributed by atoms with van der Waals surface area (Å²) in [6.45, 7) is 10.3. The zero-order valence-electron chi connectivity index (χ0n) is 14.3. The number of rotatable bonds is 6. The van der Waals surface area contributed by atoms with E-state index in [0.29, 0.717) is 24.0 Å². The molecule has 1 rings (SSSR count). The maximum absolute atomic E-state index is 11.7. The minimum Gasteiger partial charge on any atom is -0.493 e. The fourth-order valence-electron chi connectivity index (χ4n) is 1.66. The molecule has 0 aromatic heterocycles. The lowest BCUT2D eigenvalue weighted by Gasteiger charge is -2.17. The number of hydrogen-bond donors (Lipinski definition) is 0. The summed E-state index contributed by atoms with van der Waals surface area (Å²) in [5.74, 6) is 1.42. The molecule has 4 heteroatoms. The van der Waals surface area contributed by atoms with Crippen LogP contribution in [0.3, 0.4) is 0 Å². The number of carbonyl (C=O) groups is 1. The van der Waals surface area contributed by atoms with Crippen LogP contribution >= 0.6 is 0 Å². The summed E-state index contributed by atoms with van der Waals surface area (Å²) in [5.41, 5.74) is 0.354. The number of hydrogen-bond acceptors (Lipinski definition) is 4. The van der Waals surface area contributed by atoms with Crippen molar-refractivity contribution in [2.24, 2.45) is 5.92 Å². The van der Waals surface area contributed by atoms with Crippen LogP contribution in [0, 0.1) is 5.92 Å². The van der Waals surface area contributed by atoms with Gasteiger partial charge in [-0.1, -0.05) is 19.9 Å². The molecular formula is C18H26O4. The monoisotopic (exact) mass is 306 g/mol. The Bertz CT molecular complexity index is 524. The third-order valence-corrected chi connectivity index (χ3v) is 2.58. The topological polar surface area (TPSA) is 44.8 Å². The highest BCUT2D eigenvalue weighted by molar-refractivity contribution is 5.87. The molecule has 22 heavy (non-hydrogen) atoms. The van der Waals surface area contributed by atoms with Crippen molar-refractivity contribution in [2.75, 3.05) is 13.7 Å². The van der Waals surface area contributed by atoms with E-state index < -0.39 is 5.60 Å². The first-order chi connectivity index (χ1) is 10.2. The second-order valence-electron chi connectivity index (χ2n) is 6.48. The molecule has 122 valence electrons. The maximum atomic E-state index is 11.7. The van der Waals surface area contributed by atoms with Crippen LogP contribution in [0.15, 0.2) is 24.3 Å². The molecule has 0 fully saturated rings. The Morgan fingerprint density at radius 3 is 2.45 bits per heavy atom. The predicted octanol–water partition coefficient (Wildman–Crippen LogP) is 4.08. The summed E-state index contributed by atoms with van der Waals surface area (Å²) < 4.78 is 16.2. The van der Waals surface area contributed by atoms with E-state index in [-0.39, 0.29) is 5.97 Å². The first kappa shape index (κ1) is 18.1. The zero-order valence-corrected chi connectivity index (χ0v) is 14.3. The molecule has 0 spiro atoms. The largest absolute Gasteiger partial charge is 0.493 e. The summed E-state index contributed by atoms with van der Waals surface area (Å²) in [7, 11) is 1.60. The highest BCUT2D eigenvalue weighted by Crippen LogP contribution is 2.29. The first-order valence-corrected chi connectivity index (χ1v) is 7.43. The Morgan fingerprint density at radius 2 is 1.91 bits per heavy atom. The van der Waals surface area contributed by atoms with Gasteiger partial charge in [0.2, 0.25) is 0 Å². The highest BCUT2D eigenvalue weighted by Gasteiger charge is 2.14. The van der Waals surface area contributed by atoms with Crippen molar-refractivity contribution in [3.05, 3.63) is 29.8 Å². The van der Waals surface area contributed by atoms with Crippen LogP contribution in [0.2, 0.25) is 0 Å². The van der Waals surface area contributed by atoms with Crippen molar-refractivity contribution in [1.29, 1.82) is 0 Å². The van der Waals surface area contributed by atoms with Gasteiger partial charge >= 0.3 is 5.97 Å². The van der Waals surface area contributed by atoms with Crippen molar-refractivity contribution in [3.8, 4) is 11.5 Å². The molecule has 4 nitrogen and oxygen atoms in total. The van der Waals surface area contributed by atoms with E-state index in [1.165, 1.54) is 6.08 Å². The summed E-state index contributed by atoms with van der Waals surface area (Å²) >= 11 is 0. The Hall–Kier alpha value is -1.97. The molecule has 1 aromatic carbocycles. The second kappa shape index (κ2) is 7.87. The molecule has 0 aliphatic heterocycles. The van der Waals surface area contributed by atoms with Gasteiger partial charge in [0.1, 0.15) is 5.60 Å². The van der Waals surface area contributed by atoms with Crippen LogP contribution in [0.25, 0.3) is 6.08 Å². The fourth-order valence-corrected chi connectivity index (χ4v) is 1.66. The van der Waals surface area contributed by atoms with Gasteiger partial charge in [0.05, 0.1) is 13.7 Å². The molecule has 0 atom stereocenters. The summed E-state index contributed by atoms with van der Waals surface area (Å²) in [4.78, 5) is 11.7. The Balaban J connectivity index is 2.78. The van der Waals surface area contributed by atoms with Crippen molar-refractivity contribution in [1.82, 2.24) is 0 Å². The van der Waals surface area contributed by atoms with Gasteiger partial charge < -0.3 is 14.2 Å². The van der Waals surface area contributed by atoms with E-state index in [1.54, 1.807) is 13.2 Å². The smallest absolute Gasteiger partial charge is 0.331 e. The maximum Gasteiger partial charge on any atom is 0.331 e. The lowest BCUT2D eigenvalue weighted by molar-refractivity contribution is -0.148. The van der Waals surface area contributed by atoms with Gasteiger partial charge in [0.15, 0.2) is 11.5 Å². The molecule has 0 bridgehead atoms. The molecular weight excluding hydrogens is 280 g/mol. The molecule has 0 aliphatic carbocycles. The lowest BCUT2D eigenvalue weighted by Crippen LogP contribution is -2.22. The standard InChI is InChI=1S/C18H26O4/c1-13(2)12-21-15-9-7-14(11-16(15)20-6)8-10-17(19)22-18(3,4)5/h7-11,13H,12H2,1-6H3/b10-8+. The molecule has 1 aromatic rings. The van der Waals surface area contributed by atoms with E-state index in [2.05, 4.69) is 13.8 Å². The quantitative estimate of drug-likeness (QED) is 0.586. The van der Waals surface area contributed by atoms with Crippen LogP contribution in [0.1, 0.15) is 40.2 Å². The van der Waals surface area contributed by atoms with Gasteiger partial charge in [-0.3, -0.25) is 0 Å². The van der Waals surface area contributed by atoms with E-state index in [9.17, 15) is 4.79 Å². The Morgan fingerprint density at radius 1 is 1.23 bits per heavy atom. The van der Waals surface area contributed by atoms with Crippen LogP contribution < -0.4 is 9.47 Å². The molecule has 0 heterocycles. The molecule has 0 saturated heterocycles. The fraction of sp³-hybridized carbons (Fsp3) is 0.500. The first-order valence-electron chi connectivity index (χ1n) is 7.43. The number of ether oxygens (including phenoxy) is 3. The van der Waals surface area contributed by atoms with Gasteiger partial charge in [-0.15, -0.1) is 0 Å². The van der Waals surface area contributed by atoms with Crippen LogP contribution in [-0.2, 0) is 9.53 Å². The normalized spacial score (nSPS) is 11.8. The van der Waals surface area contributed by atoms with Gasteiger partial charge in [0.25, 0.3) is 0 Å². The van der Waals surface area contributed by atoms with Gasteiger partial charge in [0, 0.05) is 6.08 Å². The van der Waals surface area contributed by atoms with Crippen LogP contribution in [0.4, 0.5) is 0 Å². The van der Waals surface area contributed by atoms with E-state index in [4.69, 9.17) is 14.2 Å². The SMILES string of the molecule is COc1cc(/C=C/C(=O)OC(C)(C)C)ccc1OCC(C)C. The second-order valence-corrected chi connectivity index (χ2v) is 6.48. The molecule has 0 saturated carbocycles. The molecule has 0 amide bonds. The zero-order chi connectivity index (χ0) is 16.8. The Kier molecular flexibility index (Phi) is 6.47. The molecule has 0 aliphatic rings. The molecule has 0 unspecified atom stereocenters. The van der Waals surface area contributed by atoms with Crippen molar-refractivity contribution >= 4 is 12.0 Å². The summed E-state index contributed by atoms with van der Waals surface area (Å²) in [6.07, 6.45) is 3.11. The third-order valence-electron chi connectivity index (χ3n) is 2.58.